The predicted molar refractivity (Wildman–Crippen MR) is 84.1 cm³/mol. The maximum Gasteiger partial charge on any atom is 0.339 e. The van der Waals surface area contributed by atoms with Crippen molar-refractivity contribution < 1.29 is 14.6 Å². The van der Waals surface area contributed by atoms with Gasteiger partial charge in [0.2, 0.25) is 0 Å². The van der Waals surface area contributed by atoms with E-state index in [4.69, 9.17) is 4.74 Å². The third-order valence-corrected chi connectivity index (χ3v) is 4.26. The first kappa shape index (κ1) is 16.1. The molecule has 1 aromatic carbocycles. The molecule has 0 radical (unpaired) electrons. The Morgan fingerprint density at radius 2 is 2.10 bits per heavy atom. The van der Waals surface area contributed by atoms with Gasteiger partial charge in [-0.1, -0.05) is 0 Å². The molecule has 5 nitrogen and oxygen atoms in total. The van der Waals surface area contributed by atoms with Crippen molar-refractivity contribution >= 4 is 17.9 Å². The average Bonchev–Trinajstić information content (AvgIpc) is 2.39. The molecule has 116 valence electrons. The lowest BCUT2D eigenvalue weighted by Crippen LogP contribution is -2.51. The Morgan fingerprint density at radius 3 is 2.67 bits per heavy atom. The first-order chi connectivity index (χ1) is 9.99. The molecule has 2 unspecified atom stereocenters. The minimum atomic E-state index is -0.956. The summed E-state index contributed by atoms with van der Waals surface area (Å²) < 4.78 is 7.63. The van der Waals surface area contributed by atoms with E-state index >= 15 is 0 Å². The van der Waals surface area contributed by atoms with Gasteiger partial charge in [0.1, 0.15) is 11.3 Å². The van der Waals surface area contributed by atoms with Crippen molar-refractivity contribution in [2.75, 3.05) is 19.7 Å². The Labute approximate surface area is 129 Å². The van der Waals surface area contributed by atoms with Crippen LogP contribution in [0.1, 0.15) is 31.1 Å². The molecule has 0 aromatic heterocycles. The first-order valence-corrected chi connectivity index (χ1v) is 7.96. The first-order valence-electron chi connectivity index (χ1n) is 7.18. The van der Waals surface area contributed by atoms with Crippen LogP contribution in [0.15, 0.2) is 23.1 Å². The van der Waals surface area contributed by atoms with Gasteiger partial charge in [-0.3, -0.25) is 0 Å². The Bertz CT molecular complexity index is 500. The zero-order chi connectivity index (χ0) is 15.4. The van der Waals surface area contributed by atoms with Gasteiger partial charge in [-0.25, -0.2) is 9.10 Å². The van der Waals surface area contributed by atoms with Crippen LogP contribution < -0.4 is 10.1 Å². The van der Waals surface area contributed by atoms with Crippen molar-refractivity contribution in [1.82, 2.24) is 9.62 Å². The number of benzene rings is 1. The molecular formula is C15H22N2O3S. The highest BCUT2D eigenvalue weighted by Crippen LogP contribution is 2.29. The number of piperazine rings is 1. The summed E-state index contributed by atoms with van der Waals surface area (Å²) in [6.45, 7) is 8.49. The van der Waals surface area contributed by atoms with Crippen molar-refractivity contribution in [3.63, 3.8) is 0 Å². The standard InChI is InChI=1S/C15H22N2O3S/c1-4-20-14-6-5-12(7-13(14)15(18)19)21-17-8-10(2)16-11(3)9-17/h5-7,10-11,16H,4,8-9H2,1-3H3,(H,18,19). The fourth-order valence-corrected chi connectivity index (χ4v) is 3.71. The monoisotopic (exact) mass is 310 g/mol. The number of carboxylic acids is 1. The summed E-state index contributed by atoms with van der Waals surface area (Å²) in [5.74, 6) is -0.528. The second-order valence-electron chi connectivity index (χ2n) is 5.30. The molecule has 0 aliphatic carbocycles. The van der Waals surface area contributed by atoms with E-state index in [9.17, 15) is 9.90 Å². The molecule has 1 aromatic rings. The molecule has 1 aliphatic heterocycles. The van der Waals surface area contributed by atoms with Crippen molar-refractivity contribution in [3.05, 3.63) is 23.8 Å². The van der Waals surface area contributed by atoms with E-state index < -0.39 is 5.97 Å². The number of rotatable bonds is 5. The van der Waals surface area contributed by atoms with E-state index in [0.717, 1.165) is 18.0 Å². The SMILES string of the molecule is CCOc1ccc(SN2CC(C)NC(C)C2)cc1C(=O)O. The van der Waals surface area contributed by atoms with Gasteiger partial charge in [0.15, 0.2) is 0 Å². The van der Waals surface area contributed by atoms with Gasteiger partial charge in [0.05, 0.1) is 6.61 Å². The molecule has 2 atom stereocenters. The molecule has 0 amide bonds. The van der Waals surface area contributed by atoms with E-state index in [1.807, 2.05) is 13.0 Å². The third-order valence-electron chi connectivity index (χ3n) is 3.24. The van der Waals surface area contributed by atoms with Crippen molar-refractivity contribution in [2.45, 2.75) is 37.8 Å². The maximum atomic E-state index is 11.3. The van der Waals surface area contributed by atoms with E-state index in [0.29, 0.717) is 24.4 Å². The van der Waals surface area contributed by atoms with Crippen molar-refractivity contribution in [3.8, 4) is 5.75 Å². The second kappa shape index (κ2) is 7.15. The largest absolute Gasteiger partial charge is 0.493 e. The number of carbonyl (C=O) groups is 1. The number of nitrogens with zero attached hydrogens (tertiary/aromatic N) is 1. The Balaban J connectivity index is 2.13. The van der Waals surface area contributed by atoms with Gasteiger partial charge in [-0.15, -0.1) is 0 Å². The molecule has 21 heavy (non-hydrogen) atoms. The van der Waals surface area contributed by atoms with Gasteiger partial charge >= 0.3 is 5.97 Å². The lowest BCUT2D eigenvalue weighted by atomic mass is 10.2. The topological polar surface area (TPSA) is 61.8 Å². The highest BCUT2D eigenvalue weighted by Gasteiger charge is 2.22. The van der Waals surface area contributed by atoms with E-state index in [1.165, 1.54) is 0 Å². The molecular weight excluding hydrogens is 288 g/mol. The summed E-state index contributed by atoms with van der Waals surface area (Å²) in [5.41, 5.74) is 0.220. The normalized spacial score (nSPS) is 23.0. The molecule has 1 heterocycles. The van der Waals surface area contributed by atoms with Crippen LogP contribution in [0, 0.1) is 0 Å². The summed E-state index contributed by atoms with van der Waals surface area (Å²) in [7, 11) is 0. The minimum absolute atomic E-state index is 0.220. The van der Waals surface area contributed by atoms with Crippen LogP contribution in [-0.4, -0.2) is 47.2 Å². The van der Waals surface area contributed by atoms with E-state index in [1.54, 1.807) is 24.1 Å². The van der Waals surface area contributed by atoms with Gasteiger partial charge in [-0.2, -0.15) is 0 Å². The Hall–Kier alpha value is -1.24. The molecule has 1 saturated heterocycles. The fourth-order valence-electron chi connectivity index (χ4n) is 2.51. The molecule has 1 aliphatic rings. The smallest absolute Gasteiger partial charge is 0.339 e. The Kier molecular flexibility index (Phi) is 5.50. The van der Waals surface area contributed by atoms with Crippen LogP contribution >= 0.6 is 11.9 Å². The zero-order valence-electron chi connectivity index (χ0n) is 12.6. The van der Waals surface area contributed by atoms with Gasteiger partial charge in [0, 0.05) is 30.1 Å². The van der Waals surface area contributed by atoms with Crippen LogP contribution in [0.3, 0.4) is 0 Å². The van der Waals surface area contributed by atoms with E-state index in [-0.39, 0.29) is 5.56 Å². The average molecular weight is 310 g/mol. The highest BCUT2D eigenvalue weighted by molar-refractivity contribution is 7.97. The highest BCUT2D eigenvalue weighted by atomic mass is 32.2. The molecule has 2 rings (SSSR count). The van der Waals surface area contributed by atoms with Gasteiger partial charge in [0.25, 0.3) is 0 Å². The van der Waals surface area contributed by atoms with Crippen LogP contribution in [0.5, 0.6) is 5.75 Å². The number of ether oxygens (including phenoxy) is 1. The summed E-state index contributed by atoms with van der Waals surface area (Å²) in [6.07, 6.45) is 0. The van der Waals surface area contributed by atoms with Crippen LogP contribution in [-0.2, 0) is 0 Å². The van der Waals surface area contributed by atoms with Gasteiger partial charge < -0.3 is 15.2 Å². The predicted octanol–water partition coefficient (Wildman–Crippen LogP) is 2.47. The molecule has 1 fully saturated rings. The molecule has 6 heteroatoms. The number of hydrogen-bond acceptors (Lipinski definition) is 5. The van der Waals surface area contributed by atoms with Crippen LogP contribution in [0.25, 0.3) is 0 Å². The van der Waals surface area contributed by atoms with Crippen LogP contribution in [0.2, 0.25) is 0 Å². The zero-order valence-corrected chi connectivity index (χ0v) is 13.4. The number of aromatic carboxylic acids is 1. The van der Waals surface area contributed by atoms with Crippen molar-refractivity contribution in [2.24, 2.45) is 0 Å². The molecule has 2 N–H and O–H groups in total. The molecule has 0 bridgehead atoms. The summed E-state index contributed by atoms with van der Waals surface area (Å²) in [6, 6.07) is 6.21. The quantitative estimate of drug-likeness (QED) is 0.815. The number of nitrogens with one attached hydrogen (secondary N) is 1. The van der Waals surface area contributed by atoms with Gasteiger partial charge in [-0.05, 0) is 50.9 Å². The fraction of sp³-hybridized carbons (Fsp3) is 0.533. The van der Waals surface area contributed by atoms with Crippen LogP contribution in [0.4, 0.5) is 0 Å². The maximum absolute atomic E-state index is 11.3. The number of carboxylic acid groups (broad SMARTS) is 1. The Morgan fingerprint density at radius 1 is 1.43 bits per heavy atom. The summed E-state index contributed by atoms with van der Waals surface area (Å²) in [5, 5.41) is 12.8. The minimum Gasteiger partial charge on any atom is -0.493 e. The lowest BCUT2D eigenvalue weighted by molar-refractivity contribution is 0.0692. The molecule has 0 spiro atoms. The third kappa shape index (κ3) is 4.36. The van der Waals surface area contributed by atoms with E-state index in [2.05, 4.69) is 23.5 Å². The summed E-state index contributed by atoms with van der Waals surface area (Å²) in [4.78, 5) is 12.3. The number of hydrogen-bond donors (Lipinski definition) is 2. The lowest BCUT2D eigenvalue weighted by Gasteiger charge is -2.35. The second-order valence-corrected chi connectivity index (χ2v) is 6.47. The molecule has 0 saturated carbocycles. The summed E-state index contributed by atoms with van der Waals surface area (Å²) >= 11 is 1.60. The van der Waals surface area contributed by atoms with Crippen molar-refractivity contribution in [1.29, 1.82) is 0 Å².